The lowest BCUT2D eigenvalue weighted by molar-refractivity contribution is 0.0552. The zero-order valence-corrected chi connectivity index (χ0v) is 9.86. The molecule has 0 aliphatic carbocycles. The quantitative estimate of drug-likeness (QED) is 0.493. The molecule has 4 N–H and O–H groups in total. The molecule has 3 fully saturated rings. The zero-order valence-electron chi connectivity index (χ0n) is 9.86. The van der Waals surface area contributed by atoms with Crippen LogP contribution in [0.25, 0.3) is 0 Å². The van der Waals surface area contributed by atoms with E-state index >= 15 is 0 Å². The second-order valence-electron chi connectivity index (χ2n) is 5.30. The van der Waals surface area contributed by atoms with Crippen molar-refractivity contribution in [2.75, 3.05) is 45.9 Å². The first-order valence-electron chi connectivity index (χ1n) is 6.50. The van der Waals surface area contributed by atoms with E-state index in [0.717, 1.165) is 32.3 Å². The molecule has 3 heterocycles. The topological polar surface area (TPSA) is 56.6 Å². The standard InChI is InChI=1S/C11H23N5/c12-10-6-13-2-1-11(10)15-3-4-16-8-14-5-9(16)7-15/h9-11,13-14H,1-8,12H2. The number of hydrogen-bond donors (Lipinski definition) is 3. The molecular formula is C11H23N5. The fraction of sp³-hybridized carbons (Fsp3) is 1.00. The zero-order chi connectivity index (χ0) is 11.0. The maximum absolute atomic E-state index is 6.21. The third-order valence-corrected chi connectivity index (χ3v) is 4.29. The number of piperidine rings is 1. The Morgan fingerprint density at radius 3 is 2.81 bits per heavy atom. The maximum atomic E-state index is 6.21. The van der Waals surface area contributed by atoms with Gasteiger partial charge in [-0.25, -0.2) is 0 Å². The molecule has 0 aromatic carbocycles. The highest BCUT2D eigenvalue weighted by molar-refractivity contribution is 4.94. The molecule has 16 heavy (non-hydrogen) atoms. The van der Waals surface area contributed by atoms with E-state index in [9.17, 15) is 0 Å². The van der Waals surface area contributed by atoms with Gasteiger partial charge in [0.2, 0.25) is 0 Å². The predicted molar refractivity (Wildman–Crippen MR) is 64.2 cm³/mol. The van der Waals surface area contributed by atoms with E-state index in [1.54, 1.807) is 0 Å². The molecule has 0 aromatic rings. The van der Waals surface area contributed by atoms with Crippen LogP contribution >= 0.6 is 0 Å². The molecule has 0 spiro atoms. The highest BCUT2D eigenvalue weighted by Crippen LogP contribution is 2.18. The van der Waals surface area contributed by atoms with Crippen LogP contribution in [0.2, 0.25) is 0 Å². The largest absolute Gasteiger partial charge is 0.325 e. The Morgan fingerprint density at radius 2 is 1.94 bits per heavy atom. The maximum Gasteiger partial charge on any atom is 0.0485 e. The number of piperazine rings is 1. The van der Waals surface area contributed by atoms with Crippen molar-refractivity contribution >= 4 is 0 Å². The van der Waals surface area contributed by atoms with Crippen molar-refractivity contribution in [1.82, 2.24) is 20.4 Å². The van der Waals surface area contributed by atoms with Crippen molar-refractivity contribution in [1.29, 1.82) is 0 Å². The Bertz CT molecular complexity index is 247. The SMILES string of the molecule is NC1CNCCC1N1CCN2CNCC2C1. The average Bonchev–Trinajstić information content (AvgIpc) is 2.76. The first-order chi connectivity index (χ1) is 7.84. The van der Waals surface area contributed by atoms with Crippen LogP contribution in [-0.2, 0) is 0 Å². The van der Waals surface area contributed by atoms with Crippen LogP contribution in [0.4, 0.5) is 0 Å². The summed E-state index contributed by atoms with van der Waals surface area (Å²) in [5.41, 5.74) is 6.21. The Morgan fingerprint density at radius 1 is 1.06 bits per heavy atom. The van der Waals surface area contributed by atoms with E-state index in [-0.39, 0.29) is 0 Å². The summed E-state index contributed by atoms with van der Waals surface area (Å²) in [6.45, 7) is 7.93. The highest BCUT2D eigenvalue weighted by Gasteiger charge is 2.35. The number of fused-ring (bicyclic) bond motifs is 1. The smallest absolute Gasteiger partial charge is 0.0485 e. The van der Waals surface area contributed by atoms with Gasteiger partial charge in [0.15, 0.2) is 0 Å². The first-order valence-corrected chi connectivity index (χ1v) is 6.50. The van der Waals surface area contributed by atoms with Crippen molar-refractivity contribution in [3.63, 3.8) is 0 Å². The van der Waals surface area contributed by atoms with Crippen LogP contribution in [0.15, 0.2) is 0 Å². The van der Waals surface area contributed by atoms with E-state index in [1.165, 1.54) is 26.1 Å². The minimum absolute atomic E-state index is 0.315. The summed E-state index contributed by atoms with van der Waals surface area (Å²) < 4.78 is 0. The third kappa shape index (κ3) is 1.98. The normalized spacial score (nSPS) is 42.2. The van der Waals surface area contributed by atoms with Gasteiger partial charge >= 0.3 is 0 Å². The molecule has 3 atom stereocenters. The molecule has 0 bridgehead atoms. The van der Waals surface area contributed by atoms with E-state index in [2.05, 4.69) is 20.4 Å². The van der Waals surface area contributed by atoms with Gasteiger partial charge in [0.05, 0.1) is 0 Å². The van der Waals surface area contributed by atoms with E-state index in [4.69, 9.17) is 5.73 Å². The van der Waals surface area contributed by atoms with Gasteiger partial charge in [0, 0.05) is 57.5 Å². The molecule has 5 nitrogen and oxygen atoms in total. The molecular weight excluding hydrogens is 202 g/mol. The Hall–Kier alpha value is -0.200. The lowest BCUT2D eigenvalue weighted by atomic mass is 9.98. The molecule has 5 heteroatoms. The second kappa shape index (κ2) is 4.58. The van der Waals surface area contributed by atoms with Gasteiger partial charge in [-0.15, -0.1) is 0 Å². The van der Waals surface area contributed by atoms with Gasteiger partial charge in [-0.3, -0.25) is 9.80 Å². The molecule has 3 aliphatic rings. The second-order valence-corrected chi connectivity index (χ2v) is 5.30. The van der Waals surface area contributed by atoms with Crippen LogP contribution < -0.4 is 16.4 Å². The monoisotopic (exact) mass is 225 g/mol. The fourth-order valence-electron chi connectivity index (χ4n) is 3.32. The predicted octanol–water partition coefficient (Wildman–Crippen LogP) is -1.78. The van der Waals surface area contributed by atoms with Crippen LogP contribution in [0.5, 0.6) is 0 Å². The number of nitrogens with two attached hydrogens (primary N) is 1. The highest BCUT2D eigenvalue weighted by atomic mass is 15.4. The third-order valence-electron chi connectivity index (χ3n) is 4.29. The van der Waals surface area contributed by atoms with Crippen molar-refractivity contribution in [2.24, 2.45) is 5.73 Å². The summed E-state index contributed by atoms with van der Waals surface area (Å²) in [4.78, 5) is 5.18. The molecule has 3 saturated heterocycles. The lowest BCUT2D eigenvalue weighted by Crippen LogP contribution is -2.62. The average molecular weight is 225 g/mol. The van der Waals surface area contributed by atoms with Gasteiger partial charge in [-0.05, 0) is 13.0 Å². The summed E-state index contributed by atoms with van der Waals surface area (Å²) in [5, 5.41) is 6.83. The number of hydrogen-bond acceptors (Lipinski definition) is 5. The summed E-state index contributed by atoms with van der Waals surface area (Å²) in [6.07, 6.45) is 1.21. The molecule has 3 unspecified atom stereocenters. The summed E-state index contributed by atoms with van der Waals surface area (Å²) in [5.74, 6) is 0. The molecule has 92 valence electrons. The Labute approximate surface area is 97.3 Å². The van der Waals surface area contributed by atoms with Crippen molar-refractivity contribution in [3.8, 4) is 0 Å². The van der Waals surface area contributed by atoms with Crippen LogP contribution in [0.3, 0.4) is 0 Å². The molecule has 0 amide bonds. The van der Waals surface area contributed by atoms with Crippen LogP contribution in [0, 0.1) is 0 Å². The number of nitrogens with one attached hydrogen (secondary N) is 2. The summed E-state index contributed by atoms with van der Waals surface area (Å²) >= 11 is 0. The van der Waals surface area contributed by atoms with Gasteiger partial charge in [-0.2, -0.15) is 0 Å². The lowest BCUT2D eigenvalue weighted by Gasteiger charge is -2.44. The van der Waals surface area contributed by atoms with Crippen molar-refractivity contribution in [3.05, 3.63) is 0 Å². The fourth-order valence-corrected chi connectivity index (χ4v) is 3.32. The minimum Gasteiger partial charge on any atom is -0.325 e. The molecule has 0 radical (unpaired) electrons. The Kier molecular flexibility index (Phi) is 3.13. The first kappa shape index (κ1) is 10.9. The van der Waals surface area contributed by atoms with E-state index in [0.29, 0.717) is 12.1 Å². The summed E-state index contributed by atoms with van der Waals surface area (Å²) in [6, 6.07) is 1.63. The van der Waals surface area contributed by atoms with Crippen molar-refractivity contribution < 1.29 is 0 Å². The number of nitrogens with zero attached hydrogens (tertiary/aromatic N) is 2. The molecule has 3 rings (SSSR count). The minimum atomic E-state index is 0.315. The Balaban J connectivity index is 1.62. The molecule has 3 aliphatic heterocycles. The van der Waals surface area contributed by atoms with Crippen LogP contribution in [0.1, 0.15) is 6.42 Å². The van der Waals surface area contributed by atoms with E-state index in [1.807, 2.05) is 0 Å². The van der Waals surface area contributed by atoms with E-state index < -0.39 is 0 Å². The summed E-state index contributed by atoms with van der Waals surface area (Å²) in [7, 11) is 0. The van der Waals surface area contributed by atoms with Crippen molar-refractivity contribution in [2.45, 2.75) is 24.5 Å². The molecule has 0 saturated carbocycles. The van der Waals surface area contributed by atoms with Gasteiger partial charge in [-0.1, -0.05) is 0 Å². The van der Waals surface area contributed by atoms with Gasteiger partial charge in [0.1, 0.15) is 0 Å². The number of rotatable bonds is 1. The molecule has 0 aromatic heterocycles. The van der Waals surface area contributed by atoms with Gasteiger partial charge in [0.25, 0.3) is 0 Å². The van der Waals surface area contributed by atoms with Gasteiger partial charge < -0.3 is 16.4 Å². The van der Waals surface area contributed by atoms with Crippen LogP contribution in [-0.4, -0.2) is 73.9 Å².